The van der Waals surface area contributed by atoms with E-state index < -0.39 is 0 Å². The Labute approximate surface area is 169 Å². The third-order valence-corrected chi connectivity index (χ3v) is 4.59. The monoisotopic (exact) mass is 407 g/mol. The fourth-order valence-corrected chi connectivity index (χ4v) is 2.97. The van der Waals surface area contributed by atoms with Crippen molar-refractivity contribution in [2.75, 3.05) is 38.5 Å². The van der Waals surface area contributed by atoms with Gasteiger partial charge >= 0.3 is 0 Å². The molecule has 2 amide bonds. The third-order valence-electron chi connectivity index (χ3n) is 4.59. The molecule has 0 aliphatic carbocycles. The van der Waals surface area contributed by atoms with Crippen LogP contribution in [0.4, 0.5) is 10.1 Å². The number of piperazine rings is 1. The average molecular weight is 408 g/mol. The highest BCUT2D eigenvalue weighted by atomic mass is 35.5. The number of nitrogens with zero attached hydrogens (tertiary/aromatic N) is 2. The number of amides is 2. The number of halogens is 2. The summed E-state index contributed by atoms with van der Waals surface area (Å²) < 4.78 is 18.3. The summed E-state index contributed by atoms with van der Waals surface area (Å²) in [4.78, 5) is 28.4. The number of rotatable bonds is 4. The largest absolute Gasteiger partial charge is 0.484 e. The van der Waals surface area contributed by atoms with Crippen LogP contribution in [0, 0.1) is 12.7 Å². The van der Waals surface area contributed by atoms with E-state index in [0.29, 0.717) is 43.2 Å². The summed E-state index contributed by atoms with van der Waals surface area (Å²) in [6.07, 6.45) is 0. The number of anilines is 1. The van der Waals surface area contributed by atoms with Gasteiger partial charge in [-0.25, -0.2) is 4.39 Å². The van der Waals surface area contributed by atoms with Crippen LogP contribution in [0.15, 0.2) is 42.5 Å². The first-order valence-corrected chi connectivity index (χ1v) is 8.75. The van der Waals surface area contributed by atoms with Crippen molar-refractivity contribution in [2.45, 2.75) is 6.92 Å². The minimum absolute atomic E-state index is 0. The van der Waals surface area contributed by atoms with Gasteiger partial charge in [0, 0.05) is 37.4 Å². The molecular formula is C20H23ClFN3O3. The summed E-state index contributed by atoms with van der Waals surface area (Å²) in [6, 6.07) is 10.8. The molecule has 1 saturated heterocycles. The number of hydrogen-bond acceptors (Lipinski definition) is 4. The molecule has 0 aromatic heterocycles. The van der Waals surface area contributed by atoms with Crippen molar-refractivity contribution in [3.05, 3.63) is 59.4 Å². The molecule has 0 atom stereocenters. The summed E-state index contributed by atoms with van der Waals surface area (Å²) in [5, 5.41) is 0. The predicted octanol–water partition coefficient (Wildman–Crippen LogP) is 2.50. The van der Waals surface area contributed by atoms with Gasteiger partial charge in [-0.1, -0.05) is 6.07 Å². The molecule has 1 fully saturated rings. The standard InChI is InChI=1S/C20H22FN3O3.ClH/c1-14-2-5-16(22)12-18(14)20(26)24-10-8-23(9-11-24)19(25)13-27-17-6-3-15(21)4-7-17;/h2-7,12H,8-11,13,22H2,1H3;1H. The van der Waals surface area contributed by atoms with E-state index in [0.717, 1.165) is 5.56 Å². The molecule has 1 heterocycles. The molecule has 1 aliphatic rings. The normalized spacial score (nSPS) is 13.6. The molecular weight excluding hydrogens is 385 g/mol. The highest BCUT2D eigenvalue weighted by Gasteiger charge is 2.25. The zero-order valence-electron chi connectivity index (χ0n) is 15.6. The summed E-state index contributed by atoms with van der Waals surface area (Å²) in [5.74, 6) is -0.151. The van der Waals surface area contributed by atoms with Crippen LogP contribution in [0.5, 0.6) is 5.75 Å². The number of aryl methyl sites for hydroxylation is 1. The van der Waals surface area contributed by atoms with Gasteiger partial charge in [0.1, 0.15) is 11.6 Å². The number of nitrogen functional groups attached to an aromatic ring is 1. The Hall–Kier alpha value is -2.80. The highest BCUT2D eigenvalue weighted by molar-refractivity contribution is 5.96. The molecule has 1 aliphatic heterocycles. The van der Waals surface area contributed by atoms with E-state index in [4.69, 9.17) is 10.5 Å². The Kier molecular flexibility index (Phi) is 7.23. The van der Waals surface area contributed by atoms with Gasteiger partial charge in [0.25, 0.3) is 11.8 Å². The van der Waals surface area contributed by atoms with E-state index in [1.807, 2.05) is 13.0 Å². The molecule has 2 N–H and O–H groups in total. The van der Waals surface area contributed by atoms with Gasteiger partial charge in [0.15, 0.2) is 6.61 Å². The lowest BCUT2D eigenvalue weighted by Gasteiger charge is -2.35. The average Bonchev–Trinajstić information content (AvgIpc) is 2.69. The summed E-state index contributed by atoms with van der Waals surface area (Å²) in [7, 11) is 0. The van der Waals surface area contributed by atoms with Crippen molar-refractivity contribution in [3.63, 3.8) is 0 Å². The van der Waals surface area contributed by atoms with Gasteiger partial charge in [-0.05, 0) is 48.9 Å². The Balaban J connectivity index is 0.00000280. The SMILES string of the molecule is Cc1ccc(N)cc1C(=O)N1CCN(C(=O)COc2ccc(F)cc2)CC1.Cl. The van der Waals surface area contributed by atoms with Gasteiger partial charge in [-0.2, -0.15) is 0 Å². The van der Waals surface area contributed by atoms with Gasteiger partial charge in [0.05, 0.1) is 0 Å². The van der Waals surface area contributed by atoms with E-state index in [2.05, 4.69) is 0 Å². The minimum Gasteiger partial charge on any atom is -0.484 e. The number of carbonyl (C=O) groups excluding carboxylic acids is 2. The zero-order valence-corrected chi connectivity index (χ0v) is 16.4. The molecule has 0 unspecified atom stereocenters. The fourth-order valence-electron chi connectivity index (χ4n) is 2.97. The Morgan fingerprint density at radius 3 is 2.29 bits per heavy atom. The van der Waals surface area contributed by atoms with Gasteiger partial charge in [-0.3, -0.25) is 9.59 Å². The molecule has 2 aromatic carbocycles. The second-order valence-corrected chi connectivity index (χ2v) is 6.49. The van der Waals surface area contributed by atoms with E-state index in [1.54, 1.807) is 21.9 Å². The van der Waals surface area contributed by atoms with Crippen LogP contribution in [0.25, 0.3) is 0 Å². The van der Waals surface area contributed by atoms with Gasteiger partial charge in [0.2, 0.25) is 0 Å². The lowest BCUT2D eigenvalue weighted by atomic mass is 10.1. The number of hydrogen-bond donors (Lipinski definition) is 1. The first-order valence-electron chi connectivity index (χ1n) is 8.75. The van der Waals surface area contributed by atoms with Crippen molar-refractivity contribution < 1.29 is 18.7 Å². The number of nitrogens with two attached hydrogens (primary N) is 1. The van der Waals surface area contributed by atoms with Crippen LogP contribution in [-0.4, -0.2) is 54.4 Å². The van der Waals surface area contributed by atoms with E-state index in [1.165, 1.54) is 24.3 Å². The Morgan fingerprint density at radius 2 is 1.64 bits per heavy atom. The number of ether oxygens (including phenoxy) is 1. The van der Waals surface area contributed by atoms with Crippen molar-refractivity contribution in [3.8, 4) is 5.75 Å². The van der Waals surface area contributed by atoms with Crippen molar-refractivity contribution in [1.29, 1.82) is 0 Å². The topological polar surface area (TPSA) is 75.9 Å². The highest BCUT2D eigenvalue weighted by Crippen LogP contribution is 2.17. The van der Waals surface area contributed by atoms with Crippen LogP contribution in [0.1, 0.15) is 15.9 Å². The molecule has 2 aromatic rings. The number of carbonyl (C=O) groups is 2. The van der Waals surface area contributed by atoms with Crippen LogP contribution >= 0.6 is 12.4 Å². The van der Waals surface area contributed by atoms with Crippen LogP contribution < -0.4 is 10.5 Å². The van der Waals surface area contributed by atoms with E-state index in [9.17, 15) is 14.0 Å². The first kappa shape index (κ1) is 21.5. The lowest BCUT2D eigenvalue weighted by Crippen LogP contribution is -2.51. The molecule has 0 saturated carbocycles. The Morgan fingerprint density at radius 1 is 1.04 bits per heavy atom. The molecule has 0 bridgehead atoms. The predicted molar refractivity (Wildman–Crippen MR) is 107 cm³/mol. The van der Waals surface area contributed by atoms with E-state index >= 15 is 0 Å². The van der Waals surface area contributed by atoms with Gasteiger partial charge in [-0.15, -0.1) is 12.4 Å². The van der Waals surface area contributed by atoms with Crippen molar-refractivity contribution in [2.24, 2.45) is 0 Å². The van der Waals surface area contributed by atoms with Gasteiger partial charge < -0.3 is 20.3 Å². The van der Waals surface area contributed by atoms with E-state index in [-0.39, 0.29) is 36.6 Å². The lowest BCUT2D eigenvalue weighted by molar-refractivity contribution is -0.134. The maximum Gasteiger partial charge on any atom is 0.260 e. The third kappa shape index (κ3) is 5.13. The molecule has 0 spiro atoms. The molecule has 3 rings (SSSR count). The zero-order chi connectivity index (χ0) is 19.4. The summed E-state index contributed by atoms with van der Waals surface area (Å²) >= 11 is 0. The Bertz CT molecular complexity index is 837. The molecule has 150 valence electrons. The first-order chi connectivity index (χ1) is 12.9. The smallest absolute Gasteiger partial charge is 0.260 e. The summed E-state index contributed by atoms with van der Waals surface area (Å²) in [5.41, 5.74) is 7.81. The fraction of sp³-hybridized carbons (Fsp3) is 0.300. The van der Waals surface area contributed by atoms with Crippen LogP contribution in [0.2, 0.25) is 0 Å². The van der Waals surface area contributed by atoms with Crippen LogP contribution in [0.3, 0.4) is 0 Å². The molecule has 28 heavy (non-hydrogen) atoms. The summed E-state index contributed by atoms with van der Waals surface area (Å²) in [6.45, 7) is 3.55. The minimum atomic E-state index is -0.357. The molecule has 8 heteroatoms. The second-order valence-electron chi connectivity index (χ2n) is 6.49. The molecule has 6 nitrogen and oxygen atoms in total. The maximum atomic E-state index is 12.9. The number of benzene rings is 2. The van der Waals surface area contributed by atoms with Crippen LogP contribution in [-0.2, 0) is 4.79 Å². The maximum absolute atomic E-state index is 12.9. The quantitative estimate of drug-likeness (QED) is 0.790. The van der Waals surface area contributed by atoms with Crippen molar-refractivity contribution >= 4 is 29.9 Å². The second kappa shape index (κ2) is 9.41. The van der Waals surface area contributed by atoms with Crippen molar-refractivity contribution in [1.82, 2.24) is 9.80 Å². The molecule has 0 radical (unpaired) electrons.